The zero-order chi connectivity index (χ0) is 22.1. The van der Waals surface area contributed by atoms with Crippen molar-refractivity contribution < 1.29 is 0 Å². The summed E-state index contributed by atoms with van der Waals surface area (Å²) in [6.45, 7) is 4.35. The maximum absolute atomic E-state index is 4.84. The van der Waals surface area contributed by atoms with Gasteiger partial charge in [0.2, 0.25) is 0 Å². The number of para-hydroxylation sites is 1. The van der Waals surface area contributed by atoms with E-state index in [0.29, 0.717) is 12.6 Å². The van der Waals surface area contributed by atoms with E-state index in [2.05, 4.69) is 69.4 Å². The SMILES string of the molecule is CSC1CCCC(NC(=NCc2nnc(C)n2C)NCCCN(C)c2ccccc2)C1. The molecule has 0 amide bonds. The lowest BCUT2D eigenvalue weighted by Crippen LogP contribution is -2.46. The lowest BCUT2D eigenvalue weighted by atomic mass is 9.95. The van der Waals surface area contributed by atoms with Gasteiger partial charge < -0.3 is 20.1 Å². The predicted molar refractivity (Wildman–Crippen MR) is 132 cm³/mol. The number of hydrogen-bond acceptors (Lipinski definition) is 5. The van der Waals surface area contributed by atoms with Gasteiger partial charge in [0.05, 0.1) is 0 Å². The summed E-state index contributed by atoms with van der Waals surface area (Å²) in [4.78, 5) is 7.13. The number of thioether (sulfide) groups is 1. The van der Waals surface area contributed by atoms with Crippen molar-refractivity contribution in [3.8, 4) is 0 Å². The Bertz CT molecular complexity index is 821. The normalized spacial score (nSPS) is 19.3. The number of hydrogen-bond donors (Lipinski definition) is 2. The zero-order valence-corrected chi connectivity index (χ0v) is 20.2. The fourth-order valence-electron chi connectivity index (χ4n) is 3.91. The van der Waals surface area contributed by atoms with E-state index in [0.717, 1.165) is 42.4 Å². The molecule has 0 saturated heterocycles. The Morgan fingerprint density at radius 3 is 2.77 bits per heavy atom. The van der Waals surface area contributed by atoms with E-state index in [1.165, 1.54) is 31.4 Å². The van der Waals surface area contributed by atoms with E-state index in [4.69, 9.17) is 4.99 Å². The van der Waals surface area contributed by atoms with Crippen LogP contribution in [-0.4, -0.2) is 58.4 Å². The van der Waals surface area contributed by atoms with Gasteiger partial charge in [-0.3, -0.25) is 0 Å². The van der Waals surface area contributed by atoms with Gasteiger partial charge in [0, 0.05) is 44.2 Å². The van der Waals surface area contributed by atoms with Gasteiger partial charge in [0.1, 0.15) is 12.4 Å². The van der Waals surface area contributed by atoms with Crippen LogP contribution in [-0.2, 0) is 13.6 Å². The van der Waals surface area contributed by atoms with Crippen molar-refractivity contribution in [1.82, 2.24) is 25.4 Å². The number of aromatic nitrogens is 3. The van der Waals surface area contributed by atoms with E-state index in [1.807, 2.05) is 30.3 Å². The van der Waals surface area contributed by atoms with Crippen LogP contribution in [0.4, 0.5) is 5.69 Å². The van der Waals surface area contributed by atoms with Crippen LogP contribution >= 0.6 is 11.8 Å². The van der Waals surface area contributed by atoms with Crippen LogP contribution in [0.25, 0.3) is 0 Å². The van der Waals surface area contributed by atoms with Gasteiger partial charge in [0.25, 0.3) is 0 Å². The van der Waals surface area contributed by atoms with Crippen molar-refractivity contribution in [3.05, 3.63) is 42.0 Å². The van der Waals surface area contributed by atoms with Crippen molar-refractivity contribution in [1.29, 1.82) is 0 Å². The first-order chi connectivity index (χ1) is 15.1. The van der Waals surface area contributed by atoms with E-state index >= 15 is 0 Å². The van der Waals surface area contributed by atoms with Crippen LogP contribution in [0, 0.1) is 6.92 Å². The number of guanidine groups is 1. The number of aliphatic imine (C=N–C) groups is 1. The third kappa shape index (κ3) is 7.16. The molecule has 1 aromatic carbocycles. The molecule has 3 rings (SSSR count). The van der Waals surface area contributed by atoms with E-state index < -0.39 is 0 Å². The van der Waals surface area contributed by atoms with Crippen molar-refractivity contribution >= 4 is 23.4 Å². The number of rotatable bonds is 9. The fourth-order valence-corrected chi connectivity index (χ4v) is 4.74. The van der Waals surface area contributed by atoms with Crippen LogP contribution < -0.4 is 15.5 Å². The fraction of sp³-hybridized carbons (Fsp3) is 0.609. The van der Waals surface area contributed by atoms with Gasteiger partial charge in [-0.2, -0.15) is 11.8 Å². The first-order valence-electron chi connectivity index (χ1n) is 11.3. The average molecular weight is 444 g/mol. The molecule has 2 atom stereocenters. The molecule has 0 spiro atoms. The molecule has 1 saturated carbocycles. The molecule has 7 nitrogen and oxygen atoms in total. The van der Waals surface area contributed by atoms with Crippen LogP contribution in [0.5, 0.6) is 0 Å². The summed E-state index contributed by atoms with van der Waals surface area (Å²) in [5.74, 6) is 2.68. The largest absolute Gasteiger partial charge is 0.375 e. The second kappa shape index (κ2) is 12.0. The van der Waals surface area contributed by atoms with Gasteiger partial charge in [-0.15, -0.1) is 10.2 Å². The summed E-state index contributed by atoms with van der Waals surface area (Å²) >= 11 is 1.99. The molecule has 2 aromatic rings. The summed E-state index contributed by atoms with van der Waals surface area (Å²) in [7, 11) is 4.13. The molecular formula is C23H37N7S. The minimum atomic E-state index is 0.477. The van der Waals surface area contributed by atoms with E-state index in [-0.39, 0.29) is 0 Å². The summed E-state index contributed by atoms with van der Waals surface area (Å²) in [6, 6.07) is 11.0. The Morgan fingerprint density at radius 1 is 1.26 bits per heavy atom. The smallest absolute Gasteiger partial charge is 0.191 e. The third-order valence-corrected chi connectivity index (χ3v) is 7.12. The molecule has 0 aliphatic heterocycles. The minimum absolute atomic E-state index is 0.477. The number of nitrogens with zero attached hydrogens (tertiary/aromatic N) is 5. The molecule has 1 aliphatic carbocycles. The number of benzene rings is 1. The van der Waals surface area contributed by atoms with E-state index in [1.54, 1.807) is 0 Å². The minimum Gasteiger partial charge on any atom is -0.375 e. The molecule has 1 aliphatic rings. The molecule has 1 heterocycles. The third-order valence-electron chi connectivity index (χ3n) is 6.02. The molecule has 2 unspecified atom stereocenters. The topological polar surface area (TPSA) is 70.4 Å². The Labute approximate surface area is 191 Å². The highest BCUT2D eigenvalue weighted by Crippen LogP contribution is 2.26. The summed E-state index contributed by atoms with van der Waals surface area (Å²) in [5, 5.41) is 16.4. The predicted octanol–water partition coefficient (Wildman–Crippen LogP) is 3.36. The molecule has 2 N–H and O–H groups in total. The molecule has 0 radical (unpaired) electrons. The summed E-state index contributed by atoms with van der Waals surface area (Å²) in [6.07, 6.45) is 8.26. The van der Waals surface area contributed by atoms with Gasteiger partial charge >= 0.3 is 0 Å². The highest BCUT2D eigenvalue weighted by Gasteiger charge is 2.22. The number of anilines is 1. The molecular weight excluding hydrogens is 406 g/mol. The Balaban J connectivity index is 1.55. The quantitative estimate of drug-likeness (QED) is 0.352. The molecule has 8 heteroatoms. The Morgan fingerprint density at radius 2 is 2.06 bits per heavy atom. The highest BCUT2D eigenvalue weighted by molar-refractivity contribution is 7.99. The monoisotopic (exact) mass is 443 g/mol. The van der Waals surface area contributed by atoms with Crippen molar-refractivity contribution in [3.63, 3.8) is 0 Å². The maximum atomic E-state index is 4.84. The molecule has 0 bridgehead atoms. The maximum Gasteiger partial charge on any atom is 0.191 e. The lowest BCUT2D eigenvalue weighted by molar-refractivity contribution is 0.418. The van der Waals surface area contributed by atoms with E-state index in [9.17, 15) is 0 Å². The van der Waals surface area contributed by atoms with Gasteiger partial charge in [-0.1, -0.05) is 24.6 Å². The van der Waals surface area contributed by atoms with Crippen LogP contribution in [0.2, 0.25) is 0 Å². The van der Waals surface area contributed by atoms with Gasteiger partial charge in [-0.05, 0) is 51.0 Å². The Hall–Kier alpha value is -2.22. The molecule has 170 valence electrons. The van der Waals surface area contributed by atoms with Crippen LogP contribution in [0.3, 0.4) is 0 Å². The standard InChI is InChI=1S/C23H37N7S/c1-18-27-28-22(30(18)3)17-25-23(26-19-10-8-13-21(16-19)31-4)24-14-9-15-29(2)20-11-6-5-7-12-20/h5-7,11-12,19,21H,8-10,13-17H2,1-4H3,(H2,24,25,26). The summed E-state index contributed by atoms with van der Waals surface area (Å²) < 4.78 is 2.00. The molecule has 1 fully saturated rings. The summed E-state index contributed by atoms with van der Waals surface area (Å²) in [5.41, 5.74) is 1.25. The van der Waals surface area contributed by atoms with Crippen molar-refractivity contribution in [2.45, 2.75) is 56.9 Å². The average Bonchev–Trinajstić information content (AvgIpc) is 3.12. The second-order valence-electron chi connectivity index (χ2n) is 8.29. The zero-order valence-electron chi connectivity index (χ0n) is 19.3. The first-order valence-corrected chi connectivity index (χ1v) is 12.5. The number of nitrogens with one attached hydrogen (secondary N) is 2. The highest BCUT2D eigenvalue weighted by atomic mass is 32.2. The number of aryl methyl sites for hydroxylation is 1. The van der Waals surface area contributed by atoms with Crippen molar-refractivity contribution in [2.75, 3.05) is 31.3 Å². The molecule has 1 aromatic heterocycles. The van der Waals surface area contributed by atoms with Gasteiger partial charge in [-0.25, -0.2) is 4.99 Å². The van der Waals surface area contributed by atoms with Crippen LogP contribution in [0.15, 0.2) is 35.3 Å². The Kier molecular flexibility index (Phi) is 9.06. The first kappa shape index (κ1) is 23.4. The van der Waals surface area contributed by atoms with Gasteiger partial charge in [0.15, 0.2) is 11.8 Å². The molecule has 31 heavy (non-hydrogen) atoms. The lowest BCUT2D eigenvalue weighted by Gasteiger charge is -2.30. The van der Waals surface area contributed by atoms with Crippen LogP contribution in [0.1, 0.15) is 43.8 Å². The van der Waals surface area contributed by atoms with Crippen molar-refractivity contribution in [2.24, 2.45) is 12.0 Å². The second-order valence-corrected chi connectivity index (χ2v) is 9.43.